The first-order valence-electron chi connectivity index (χ1n) is 8.89. The highest BCUT2D eigenvalue weighted by Gasteiger charge is 2.21. The molecule has 1 aliphatic heterocycles. The molecule has 1 heterocycles. The van der Waals surface area contributed by atoms with Crippen molar-refractivity contribution in [2.75, 3.05) is 43.4 Å². The quantitative estimate of drug-likeness (QED) is 0.808. The number of para-hydroxylation sites is 2. The average molecular weight is 408 g/mol. The SMILES string of the molecule is CC(Oc1ccc(Cl)cc1Cl)C(=O)Nc1ccccc1N1CCN(C)CC1. The minimum Gasteiger partial charge on any atom is -0.479 e. The highest BCUT2D eigenvalue weighted by Crippen LogP contribution is 2.29. The maximum atomic E-state index is 12.7. The van der Waals surface area contributed by atoms with Gasteiger partial charge in [-0.2, -0.15) is 0 Å². The predicted octanol–water partition coefficient (Wildman–Crippen LogP) is 4.15. The number of piperazine rings is 1. The van der Waals surface area contributed by atoms with Gasteiger partial charge in [-0.1, -0.05) is 35.3 Å². The van der Waals surface area contributed by atoms with Crippen LogP contribution in [0, 0.1) is 0 Å². The maximum Gasteiger partial charge on any atom is 0.265 e. The molecule has 0 spiro atoms. The van der Waals surface area contributed by atoms with E-state index >= 15 is 0 Å². The van der Waals surface area contributed by atoms with Gasteiger partial charge in [-0.25, -0.2) is 0 Å². The predicted molar refractivity (Wildman–Crippen MR) is 111 cm³/mol. The van der Waals surface area contributed by atoms with Crippen molar-refractivity contribution in [3.8, 4) is 5.75 Å². The van der Waals surface area contributed by atoms with Gasteiger partial charge in [0.05, 0.1) is 16.4 Å². The average Bonchev–Trinajstić information content (AvgIpc) is 2.65. The van der Waals surface area contributed by atoms with Gasteiger partial charge in [-0.15, -0.1) is 0 Å². The fraction of sp³-hybridized carbons (Fsp3) is 0.350. The summed E-state index contributed by atoms with van der Waals surface area (Å²) in [5, 5.41) is 3.88. The summed E-state index contributed by atoms with van der Waals surface area (Å²) in [5.41, 5.74) is 1.81. The Kier molecular flexibility index (Phi) is 6.47. The van der Waals surface area contributed by atoms with Crippen molar-refractivity contribution in [2.45, 2.75) is 13.0 Å². The molecular formula is C20H23Cl2N3O2. The molecule has 1 unspecified atom stereocenters. The summed E-state index contributed by atoms with van der Waals surface area (Å²) in [6, 6.07) is 12.8. The lowest BCUT2D eigenvalue weighted by Gasteiger charge is -2.35. The third-order valence-electron chi connectivity index (χ3n) is 4.57. The second kappa shape index (κ2) is 8.83. The number of ether oxygens (including phenoxy) is 1. The molecule has 3 rings (SSSR count). The zero-order valence-electron chi connectivity index (χ0n) is 15.4. The smallest absolute Gasteiger partial charge is 0.265 e. The van der Waals surface area contributed by atoms with Gasteiger partial charge in [0.2, 0.25) is 0 Å². The van der Waals surface area contributed by atoms with E-state index < -0.39 is 6.10 Å². The van der Waals surface area contributed by atoms with Crippen LogP contribution in [0.2, 0.25) is 10.0 Å². The van der Waals surface area contributed by atoms with Crippen molar-refractivity contribution < 1.29 is 9.53 Å². The number of benzene rings is 2. The van der Waals surface area contributed by atoms with Crippen molar-refractivity contribution in [3.05, 3.63) is 52.5 Å². The topological polar surface area (TPSA) is 44.8 Å². The molecule has 1 N–H and O–H groups in total. The van der Waals surface area contributed by atoms with Crippen LogP contribution < -0.4 is 15.0 Å². The van der Waals surface area contributed by atoms with Gasteiger partial charge < -0.3 is 19.9 Å². The lowest BCUT2D eigenvalue weighted by molar-refractivity contribution is -0.122. The fourth-order valence-electron chi connectivity index (χ4n) is 2.95. The molecule has 2 aromatic rings. The standard InChI is InChI=1S/C20H23Cl2N3O2/c1-14(27-19-8-7-15(21)13-16(19)22)20(26)23-17-5-3-4-6-18(17)25-11-9-24(2)10-12-25/h3-8,13-14H,9-12H2,1-2H3,(H,23,26). The second-order valence-corrected chi connectivity index (χ2v) is 7.48. The number of anilines is 2. The monoisotopic (exact) mass is 407 g/mol. The van der Waals surface area contributed by atoms with Crippen LogP contribution in [0.4, 0.5) is 11.4 Å². The molecule has 0 radical (unpaired) electrons. The maximum absolute atomic E-state index is 12.7. The van der Waals surface area contributed by atoms with E-state index in [4.69, 9.17) is 27.9 Å². The Morgan fingerprint density at radius 1 is 1.11 bits per heavy atom. The molecule has 2 aromatic carbocycles. The third kappa shape index (κ3) is 5.06. The first-order chi connectivity index (χ1) is 12.9. The molecule has 144 valence electrons. The van der Waals surface area contributed by atoms with Crippen molar-refractivity contribution >= 4 is 40.5 Å². The lowest BCUT2D eigenvalue weighted by Crippen LogP contribution is -2.44. The van der Waals surface area contributed by atoms with E-state index in [-0.39, 0.29) is 5.91 Å². The molecule has 0 aliphatic carbocycles. The number of halogens is 2. The summed E-state index contributed by atoms with van der Waals surface area (Å²) in [6.45, 7) is 5.54. The molecule has 1 saturated heterocycles. The van der Waals surface area contributed by atoms with Gasteiger partial charge in [-0.05, 0) is 44.3 Å². The zero-order chi connectivity index (χ0) is 19.4. The lowest BCUT2D eigenvalue weighted by atomic mass is 10.2. The normalized spacial score (nSPS) is 16.1. The van der Waals surface area contributed by atoms with Crippen LogP contribution >= 0.6 is 23.2 Å². The summed E-state index contributed by atoms with van der Waals surface area (Å²) in [6.07, 6.45) is -0.704. The molecule has 0 saturated carbocycles. The Morgan fingerprint density at radius 2 is 1.81 bits per heavy atom. The summed E-state index contributed by atoms with van der Waals surface area (Å²) in [4.78, 5) is 17.2. The first-order valence-corrected chi connectivity index (χ1v) is 9.64. The number of hydrogen-bond donors (Lipinski definition) is 1. The van der Waals surface area contributed by atoms with Gasteiger partial charge in [0, 0.05) is 31.2 Å². The molecule has 1 atom stereocenters. The number of amides is 1. The van der Waals surface area contributed by atoms with E-state index in [1.54, 1.807) is 25.1 Å². The van der Waals surface area contributed by atoms with E-state index in [0.717, 1.165) is 37.6 Å². The molecular weight excluding hydrogens is 385 g/mol. The molecule has 1 fully saturated rings. The number of carbonyl (C=O) groups is 1. The van der Waals surface area contributed by atoms with Gasteiger partial charge in [0.25, 0.3) is 5.91 Å². The summed E-state index contributed by atoms with van der Waals surface area (Å²) in [5.74, 6) is 0.193. The van der Waals surface area contributed by atoms with E-state index in [0.29, 0.717) is 15.8 Å². The zero-order valence-corrected chi connectivity index (χ0v) is 16.9. The van der Waals surface area contributed by atoms with Crippen LogP contribution in [-0.2, 0) is 4.79 Å². The van der Waals surface area contributed by atoms with Crippen LogP contribution in [0.1, 0.15) is 6.92 Å². The van der Waals surface area contributed by atoms with E-state index in [1.807, 2.05) is 24.3 Å². The van der Waals surface area contributed by atoms with Crippen LogP contribution in [0.25, 0.3) is 0 Å². The van der Waals surface area contributed by atoms with Gasteiger partial charge in [0.15, 0.2) is 6.10 Å². The van der Waals surface area contributed by atoms with Gasteiger partial charge in [-0.3, -0.25) is 4.79 Å². The second-order valence-electron chi connectivity index (χ2n) is 6.63. The molecule has 0 aromatic heterocycles. The van der Waals surface area contributed by atoms with Crippen LogP contribution in [-0.4, -0.2) is 50.1 Å². The minimum absolute atomic E-state index is 0.234. The van der Waals surface area contributed by atoms with Crippen LogP contribution in [0.5, 0.6) is 5.75 Å². The number of carbonyl (C=O) groups excluding carboxylic acids is 1. The Balaban J connectivity index is 1.68. The molecule has 1 amide bonds. The van der Waals surface area contributed by atoms with Crippen molar-refractivity contribution in [3.63, 3.8) is 0 Å². The Morgan fingerprint density at radius 3 is 2.52 bits per heavy atom. The molecule has 7 heteroatoms. The molecule has 27 heavy (non-hydrogen) atoms. The van der Waals surface area contributed by atoms with E-state index in [9.17, 15) is 4.79 Å². The van der Waals surface area contributed by atoms with E-state index in [1.165, 1.54) is 0 Å². The number of hydrogen-bond acceptors (Lipinski definition) is 4. The number of nitrogens with one attached hydrogen (secondary N) is 1. The summed E-state index contributed by atoms with van der Waals surface area (Å²) in [7, 11) is 2.12. The van der Waals surface area contributed by atoms with Crippen molar-refractivity contribution in [1.29, 1.82) is 0 Å². The summed E-state index contributed by atoms with van der Waals surface area (Å²) >= 11 is 12.0. The van der Waals surface area contributed by atoms with Gasteiger partial charge in [0.1, 0.15) is 5.75 Å². The largest absolute Gasteiger partial charge is 0.479 e. The van der Waals surface area contributed by atoms with Crippen molar-refractivity contribution in [1.82, 2.24) is 4.90 Å². The van der Waals surface area contributed by atoms with Crippen molar-refractivity contribution in [2.24, 2.45) is 0 Å². The fourth-order valence-corrected chi connectivity index (χ4v) is 3.40. The van der Waals surface area contributed by atoms with E-state index in [2.05, 4.69) is 22.2 Å². The molecule has 5 nitrogen and oxygen atoms in total. The first kappa shape index (κ1) is 19.8. The van der Waals surface area contributed by atoms with Crippen LogP contribution in [0.15, 0.2) is 42.5 Å². The Labute approximate surface area is 169 Å². The molecule has 1 aliphatic rings. The number of likely N-dealkylation sites (N-methyl/N-ethyl adjacent to an activating group) is 1. The third-order valence-corrected chi connectivity index (χ3v) is 5.10. The Bertz CT molecular complexity index is 808. The minimum atomic E-state index is -0.704. The highest BCUT2D eigenvalue weighted by atomic mass is 35.5. The highest BCUT2D eigenvalue weighted by molar-refractivity contribution is 6.35. The number of nitrogens with zero attached hydrogens (tertiary/aromatic N) is 2. The van der Waals surface area contributed by atoms with Crippen LogP contribution in [0.3, 0.4) is 0 Å². The molecule has 0 bridgehead atoms. The van der Waals surface area contributed by atoms with Gasteiger partial charge >= 0.3 is 0 Å². The number of rotatable bonds is 5. The Hall–Kier alpha value is -1.95. The summed E-state index contributed by atoms with van der Waals surface area (Å²) < 4.78 is 5.71.